The van der Waals surface area contributed by atoms with Crippen molar-refractivity contribution in [1.82, 2.24) is 4.90 Å². The lowest BCUT2D eigenvalue weighted by Gasteiger charge is -2.22. The molecule has 2 unspecified atom stereocenters. The summed E-state index contributed by atoms with van der Waals surface area (Å²) in [6.45, 7) is 5.09. The summed E-state index contributed by atoms with van der Waals surface area (Å²) >= 11 is 3.37. The van der Waals surface area contributed by atoms with Crippen LogP contribution >= 0.6 is 15.9 Å². The van der Waals surface area contributed by atoms with Gasteiger partial charge < -0.3 is 10.6 Å². The average Bonchev–Trinajstić information content (AvgIpc) is 2.60. The quantitative estimate of drug-likeness (QED) is 0.810. The zero-order valence-corrected chi connectivity index (χ0v) is 11.7. The number of halogens is 1. The van der Waals surface area contributed by atoms with Crippen LogP contribution in [0.5, 0.6) is 0 Å². The summed E-state index contributed by atoms with van der Waals surface area (Å²) in [6.07, 6.45) is 1.07. The number of benzene rings is 1. The number of nitrogens with two attached hydrogens (primary N) is 1. The lowest BCUT2D eigenvalue weighted by Crippen LogP contribution is -2.34. The Labute approximate surface area is 110 Å². The third kappa shape index (κ3) is 2.46. The van der Waals surface area contributed by atoms with Crippen LogP contribution in [0.15, 0.2) is 22.7 Å². The van der Waals surface area contributed by atoms with Crippen LogP contribution in [0.3, 0.4) is 0 Å². The molecule has 2 atom stereocenters. The maximum atomic E-state index is 12.4. The highest BCUT2D eigenvalue weighted by Crippen LogP contribution is 2.27. The molecule has 1 fully saturated rings. The molecule has 0 radical (unpaired) electrons. The molecule has 2 N–H and O–H groups in total. The first-order chi connectivity index (χ1) is 7.99. The minimum atomic E-state index is 0.0423. The van der Waals surface area contributed by atoms with Gasteiger partial charge in [-0.15, -0.1) is 0 Å². The number of nitrogens with zero attached hydrogens (tertiary/aromatic N) is 1. The first-order valence-electron chi connectivity index (χ1n) is 5.85. The van der Waals surface area contributed by atoms with E-state index in [0.29, 0.717) is 23.2 Å². The first kappa shape index (κ1) is 12.4. The third-order valence-corrected chi connectivity index (χ3v) is 3.78. The van der Waals surface area contributed by atoms with Crippen LogP contribution in [-0.4, -0.2) is 23.4 Å². The van der Waals surface area contributed by atoms with Crippen LogP contribution < -0.4 is 5.73 Å². The standard InChI is InChI=1S/C13H17BrN2O/c1-8-5-9(2)16(7-8)13(17)11-6-10(14)3-4-12(11)15/h3-4,6,8-9H,5,7,15H2,1-2H3. The molecular formula is C13H17BrN2O. The molecule has 1 aromatic rings. The fourth-order valence-corrected chi connectivity index (χ4v) is 2.81. The molecule has 0 aliphatic carbocycles. The number of carbonyl (C=O) groups is 1. The van der Waals surface area contributed by atoms with Crippen molar-refractivity contribution in [3.63, 3.8) is 0 Å². The van der Waals surface area contributed by atoms with E-state index in [-0.39, 0.29) is 5.91 Å². The predicted octanol–water partition coefficient (Wildman–Crippen LogP) is 2.90. The Bertz CT molecular complexity index is 447. The Morgan fingerprint density at radius 1 is 1.47 bits per heavy atom. The molecule has 0 spiro atoms. The fourth-order valence-electron chi connectivity index (χ4n) is 2.45. The molecule has 0 saturated carbocycles. The normalized spacial score (nSPS) is 24.1. The van der Waals surface area contributed by atoms with Crippen LogP contribution in [0.25, 0.3) is 0 Å². The summed E-state index contributed by atoms with van der Waals surface area (Å²) < 4.78 is 0.884. The molecule has 1 saturated heterocycles. The Hall–Kier alpha value is -1.03. The Kier molecular flexibility index (Phi) is 3.43. The summed E-state index contributed by atoms with van der Waals surface area (Å²) in [5.41, 5.74) is 7.01. The van der Waals surface area contributed by atoms with Gasteiger partial charge in [0.05, 0.1) is 5.56 Å². The van der Waals surface area contributed by atoms with Crippen molar-refractivity contribution in [2.75, 3.05) is 12.3 Å². The van der Waals surface area contributed by atoms with Gasteiger partial charge in [-0.05, 0) is 37.5 Å². The summed E-state index contributed by atoms with van der Waals surface area (Å²) in [5.74, 6) is 0.614. The van der Waals surface area contributed by atoms with Crippen molar-refractivity contribution < 1.29 is 4.79 Å². The molecule has 4 heteroatoms. The van der Waals surface area contributed by atoms with Gasteiger partial charge in [0.25, 0.3) is 5.91 Å². The number of carbonyl (C=O) groups excluding carboxylic acids is 1. The largest absolute Gasteiger partial charge is 0.398 e. The van der Waals surface area contributed by atoms with Crippen LogP contribution in [0.1, 0.15) is 30.6 Å². The van der Waals surface area contributed by atoms with E-state index >= 15 is 0 Å². The van der Waals surface area contributed by atoms with Gasteiger partial charge in [0, 0.05) is 22.7 Å². The molecule has 92 valence electrons. The number of hydrogen-bond donors (Lipinski definition) is 1. The van der Waals surface area contributed by atoms with Gasteiger partial charge in [-0.25, -0.2) is 0 Å². The van der Waals surface area contributed by atoms with Crippen molar-refractivity contribution in [3.05, 3.63) is 28.2 Å². The van der Waals surface area contributed by atoms with Crippen molar-refractivity contribution >= 4 is 27.5 Å². The number of anilines is 1. The second kappa shape index (κ2) is 4.69. The molecule has 1 aliphatic heterocycles. The summed E-state index contributed by atoms with van der Waals surface area (Å²) in [5, 5.41) is 0. The Balaban J connectivity index is 2.28. The molecule has 3 nitrogen and oxygen atoms in total. The van der Waals surface area contributed by atoms with E-state index < -0.39 is 0 Å². The number of amides is 1. The number of hydrogen-bond acceptors (Lipinski definition) is 2. The predicted molar refractivity (Wildman–Crippen MR) is 72.8 cm³/mol. The van der Waals surface area contributed by atoms with Crippen LogP contribution in [0.4, 0.5) is 5.69 Å². The van der Waals surface area contributed by atoms with Gasteiger partial charge in [-0.2, -0.15) is 0 Å². The summed E-state index contributed by atoms with van der Waals surface area (Å²) in [6, 6.07) is 5.72. The van der Waals surface area contributed by atoms with Crippen molar-refractivity contribution in [2.45, 2.75) is 26.3 Å². The van der Waals surface area contributed by atoms with E-state index in [2.05, 4.69) is 29.8 Å². The molecule has 0 bridgehead atoms. The Morgan fingerprint density at radius 2 is 2.18 bits per heavy atom. The zero-order valence-electron chi connectivity index (χ0n) is 10.1. The van der Waals surface area contributed by atoms with E-state index in [1.165, 1.54) is 0 Å². The van der Waals surface area contributed by atoms with Crippen molar-refractivity contribution in [3.8, 4) is 0 Å². The molecule has 0 aromatic heterocycles. The Morgan fingerprint density at radius 3 is 2.76 bits per heavy atom. The fraction of sp³-hybridized carbons (Fsp3) is 0.462. The van der Waals surface area contributed by atoms with Gasteiger partial charge >= 0.3 is 0 Å². The van der Waals surface area contributed by atoms with Crippen molar-refractivity contribution in [1.29, 1.82) is 0 Å². The molecule has 17 heavy (non-hydrogen) atoms. The number of likely N-dealkylation sites (tertiary alicyclic amines) is 1. The topological polar surface area (TPSA) is 46.3 Å². The molecule has 1 aromatic carbocycles. The van der Waals surface area contributed by atoms with Gasteiger partial charge in [-0.1, -0.05) is 22.9 Å². The highest BCUT2D eigenvalue weighted by atomic mass is 79.9. The minimum Gasteiger partial charge on any atom is -0.398 e. The van der Waals surface area contributed by atoms with Gasteiger partial charge in [0.1, 0.15) is 0 Å². The maximum absolute atomic E-state index is 12.4. The lowest BCUT2D eigenvalue weighted by molar-refractivity contribution is 0.0745. The van der Waals surface area contributed by atoms with E-state index in [4.69, 9.17) is 5.73 Å². The second-order valence-corrected chi connectivity index (χ2v) is 5.79. The van der Waals surface area contributed by atoms with E-state index in [1.807, 2.05) is 11.0 Å². The highest BCUT2D eigenvalue weighted by Gasteiger charge is 2.31. The van der Waals surface area contributed by atoms with E-state index in [1.54, 1.807) is 12.1 Å². The van der Waals surface area contributed by atoms with Gasteiger partial charge in [0.2, 0.25) is 0 Å². The van der Waals surface area contributed by atoms with Crippen LogP contribution in [0, 0.1) is 5.92 Å². The molecule has 1 amide bonds. The van der Waals surface area contributed by atoms with Gasteiger partial charge in [-0.3, -0.25) is 4.79 Å². The van der Waals surface area contributed by atoms with E-state index in [0.717, 1.165) is 17.4 Å². The number of nitrogen functional groups attached to an aromatic ring is 1. The molecule has 1 heterocycles. The highest BCUT2D eigenvalue weighted by molar-refractivity contribution is 9.10. The smallest absolute Gasteiger partial charge is 0.256 e. The summed E-state index contributed by atoms with van der Waals surface area (Å²) in [7, 11) is 0. The second-order valence-electron chi connectivity index (χ2n) is 4.88. The number of rotatable bonds is 1. The lowest BCUT2D eigenvalue weighted by atomic mass is 10.1. The minimum absolute atomic E-state index is 0.0423. The van der Waals surface area contributed by atoms with E-state index in [9.17, 15) is 4.79 Å². The molecule has 2 rings (SSSR count). The first-order valence-corrected chi connectivity index (χ1v) is 6.64. The van der Waals surface area contributed by atoms with Crippen LogP contribution in [-0.2, 0) is 0 Å². The van der Waals surface area contributed by atoms with Crippen LogP contribution in [0.2, 0.25) is 0 Å². The third-order valence-electron chi connectivity index (χ3n) is 3.29. The average molecular weight is 297 g/mol. The summed E-state index contributed by atoms with van der Waals surface area (Å²) in [4.78, 5) is 14.3. The molecular weight excluding hydrogens is 280 g/mol. The van der Waals surface area contributed by atoms with Crippen molar-refractivity contribution in [2.24, 2.45) is 5.92 Å². The maximum Gasteiger partial charge on any atom is 0.256 e. The monoisotopic (exact) mass is 296 g/mol. The van der Waals surface area contributed by atoms with Gasteiger partial charge in [0.15, 0.2) is 0 Å². The zero-order chi connectivity index (χ0) is 12.6. The molecule has 1 aliphatic rings. The SMILES string of the molecule is CC1CC(C)N(C(=O)c2cc(Br)ccc2N)C1.